The first-order valence-corrected chi connectivity index (χ1v) is 18.4. The summed E-state index contributed by atoms with van der Waals surface area (Å²) in [4.78, 5) is 4.50. The van der Waals surface area contributed by atoms with E-state index in [0.29, 0.717) is 0 Å². The lowest BCUT2D eigenvalue weighted by Crippen LogP contribution is -2.14. The first kappa shape index (κ1) is 35.2. The number of allylic oxidation sites excluding steroid dienone is 3. The lowest BCUT2D eigenvalue weighted by molar-refractivity contribution is 0.795. The Kier molecular flexibility index (Phi) is 12.7. The van der Waals surface area contributed by atoms with Crippen molar-refractivity contribution in [3.05, 3.63) is 172 Å². The summed E-state index contributed by atoms with van der Waals surface area (Å²) >= 11 is 7.18. The van der Waals surface area contributed by atoms with E-state index < -0.39 is 0 Å². The Hall–Kier alpha value is -4.12. The van der Waals surface area contributed by atoms with Gasteiger partial charge in [0.05, 0.1) is 0 Å². The summed E-state index contributed by atoms with van der Waals surface area (Å²) in [5.41, 5.74) is 11.2. The Morgan fingerprint density at radius 3 is 1.44 bits per heavy atom. The van der Waals surface area contributed by atoms with Crippen molar-refractivity contribution < 1.29 is 0 Å². The molecule has 0 spiro atoms. The van der Waals surface area contributed by atoms with Crippen molar-refractivity contribution in [2.45, 2.75) is 52.4 Å². The van der Waals surface area contributed by atoms with Gasteiger partial charge in [-0.25, -0.2) is 0 Å². The Balaban J connectivity index is 1.41. The molecule has 4 heteroatoms. The summed E-state index contributed by atoms with van der Waals surface area (Å²) in [6.07, 6.45) is 11.0. The van der Waals surface area contributed by atoms with Crippen LogP contribution in [0, 0.1) is 0 Å². The Morgan fingerprint density at radius 2 is 0.958 bits per heavy atom. The van der Waals surface area contributed by atoms with Crippen molar-refractivity contribution in [2.24, 2.45) is 0 Å². The van der Waals surface area contributed by atoms with Gasteiger partial charge in [0.15, 0.2) is 0 Å². The van der Waals surface area contributed by atoms with Gasteiger partial charge in [-0.3, -0.25) is 0 Å². The molecular weight excluding hydrogens is 716 g/mol. The monoisotopic (exact) mass is 758 g/mol. The van der Waals surface area contributed by atoms with Gasteiger partial charge in [-0.05, 0) is 133 Å². The highest BCUT2D eigenvalue weighted by Gasteiger charge is 2.15. The van der Waals surface area contributed by atoms with Crippen LogP contribution in [-0.4, -0.2) is 0 Å². The van der Waals surface area contributed by atoms with Crippen LogP contribution in [0.15, 0.2) is 167 Å². The molecule has 0 aliphatic rings. The fraction of sp³-hybridized carbons (Fsp3) is 0.182. The molecule has 0 unspecified atom stereocenters. The molecule has 0 radical (unpaired) electrons. The summed E-state index contributed by atoms with van der Waals surface area (Å²) in [6.45, 7) is 13.1. The van der Waals surface area contributed by atoms with Gasteiger partial charge in [-0.2, -0.15) is 0 Å². The fourth-order valence-electron chi connectivity index (χ4n) is 5.68. The molecule has 48 heavy (non-hydrogen) atoms. The standard InChI is InChI=1S/C44H44Br2N2/c1-5-7-9-33(3)11-12-34(4)47(41-29-19-38(45)20-30-41)40-25-15-36(16-26-40)37-17-27-43(28-18-37)48(44-31-21-39(46)22-32-44)42-23-13-35(14-24-42)10-8-6-2/h11-32H,3-10H2,1-2H3/b12-11-. The molecule has 5 aromatic rings. The highest BCUT2D eigenvalue weighted by Crippen LogP contribution is 2.37. The van der Waals surface area contributed by atoms with E-state index in [-0.39, 0.29) is 0 Å². The van der Waals surface area contributed by atoms with Crippen LogP contribution in [0.5, 0.6) is 0 Å². The predicted molar refractivity (Wildman–Crippen MR) is 216 cm³/mol. The molecule has 0 saturated carbocycles. The van der Waals surface area contributed by atoms with Crippen LogP contribution >= 0.6 is 31.9 Å². The highest BCUT2D eigenvalue weighted by atomic mass is 79.9. The average molecular weight is 761 g/mol. The van der Waals surface area contributed by atoms with E-state index >= 15 is 0 Å². The van der Waals surface area contributed by atoms with Gasteiger partial charge < -0.3 is 9.80 Å². The van der Waals surface area contributed by atoms with Crippen LogP contribution in [0.3, 0.4) is 0 Å². The van der Waals surface area contributed by atoms with E-state index in [1.165, 1.54) is 18.4 Å². The maximum absolute atomic E-state index is 4.44. The predicted octanol–water partition coefficient (Wildman–Crippen LogP) is 14.6. The van der Waals surface area contributed by atoms with E-state index in [1.54, 1.807) is 0 Å². The van der Waals surface area contributed by atoms with E-state index in [9.17, 15) is 0 Å². The second-order valence-electron chi connectivity index (χ2n) is 12.1. The molecule has 0 bridgehead atoms. The number of unbranched alkanes of at least 4 members (excludes halogenated alkanes) is 2. The molecule has 0 aromatic heterocycles. The van der Waals surface area contributed by atoms with Crippen LogP contribution in [0.2, 0.25) is 0 Å². The molecule has 0 atom stereocenters. The third kappa shape index (κ3) is 9.27. The number of nitrogens with zero attached hydrogens (tertiary/aromatic N) is 2. The van der Waals surface area contributed by atoms with Gasteiger partial charge in [-0.15, -0.1) is 0 Å². The first-order valence-electron chi connectivity index (χ1n) is 16.8. The minimum Gasteiger partial charge on any atom is -0.311 e. The normalized spacial score (nSPS) is 11.1. The molecule has 2 nitrogen and oxygen atoms in total. The van der Waals surface area contributed by atoms with Gasteiger partial charge in [0.2, 0.25) is 0 Å². The number of halogens is 2. The Morgan fingerprint density at radius 1 is 0.542 bits per heavy atom. The van der Waals surface area contributed by atoms with Crippen LogP contribution in [-0.2, 0) is 6.42 Å². The van der Waals surface area contributed by atoms with E-state index in [2.05, 4.69) is 202 Å². The van der Waals surface area contributed by atoms with Crippen LogP contribution in [0.25, 0.3) is 11.1 Å². The van der Waals surface area contributed by atoms with Crippen LogP contribution in [0.4, 0.5) is 28.4 Å². The van der Waals surface area contributed by atoms with Crippen molar-refractivity contribution >= 4 is 60.3 Å². The van der Waals surface area contributed by atoms with Crippen LogP contribution in [0.1, 0.15) is 51.5 Å². The lowest BCUT2D eigenvalue weighted by atomic mass is 10.0. The largest absolute Gasteiger partial charge is 0.311 e. The Labute approximate surface area is 304 Å². The molecule has 0 fully saturated rings. The van der Waals surface area contributed by atoms with Gasteiger partial charge in [-0.1, -0.05) is 120 Å². The summed E-state index contributed by atoms with van der Waals surface area (Å²) in [7, 11) is 0. The minimum atomic E-state index is 0.888. The second-order valence-corrected chi connectivity index (χ2v) is 13.9. The molecule has 0 aliphatic heterocycles. The number of hydrogen-bond acceptors (Lipinski definition) is 2. The van der Waals surface area contributed by atoms with Gasteiger partial charge in [0, 0.05) is 43.1 Å². The minimum absolute atomic E-state index is 0.888. The van der Waals surface area contributed by atoms with Crippen molar-refractivity contribution in [1.29, 1.82) is 0 Å². The Bertz CT molecular complexity index is 1800. The summed E-state index contributed by atoms with van der Waals surface area (Å²) in [5.74, 6) is 0. The molecule has 0 aliphatic carbocycles. The number of aryl methyl sites for hydroxylation is 1. The zero-order valence-electron chi connectivity index (χ0n) is 28.0. The number of benzene rings is 5. The zero-order valence-corrected chi connectivity index (χ0v) is 31.2. The third-order valence-electron chi connectivity index (χ3n) is 8.42. The van der Waals surface area contributed by atoms with E-state index in [1.807, 2.05) is 0 Å². The molecule has 0 saturated heterocycles. The van der Waals surface area contributed by atoms with Crippen molar-refractivity contribution in [3.63, 3.8) is 0 Å². The summed E-state index contributed by atoms with van der Waals surface area (Å²) < 4.78 is 2.11. The SMILES string of the molecule is C=C(/C=C\C(=C)N(c1ccc(Br)cc1)c1ccc(-c2ccc(N(c3ccc(Br)cc3)c3ccc(CCCC)cc3)cc2)cc1)CCCC. The molecule has 0 heterocycles. The summed E-state index contributed by atoms with van der Waals surface area (Å²) in [5, 5.41) is 0. The molecule has 0 N–H and O–H groups in total. The molecule has 5 rings (SSSR count). The fourth-order valence-corrected chi connectivity index (χ4v) is 6.21. The van der Waals surface area contributed by atoms with E-state index in [4.69, 9.17) is 0 Å². The maximum Gasteiger partial charge on any atom is 0.0462 e. The molecule has 5 aromatic carbocycles. The smallest absolute Gasteiger partial charge is 0.0462 e. The second kappa shape index (κ2) is 17.3. The quantitative estimate of drug-likeness (QED) is 0.0981. The first-order chi connectivity index (χ1) is 23.4. The number of anilines is 5. The highest BCUT2D eigenvalue weighted by molar-refractivity contribution is 9.10. The summed E-state index contributed by atoms with van der Waals surface area (Å²) in [6, 6.07) is 43.4. The zero-order chi connectivity index (χ0) is 33.9. The number of hydrogen-bond donors (Lipinski definition) is 0. The third-order valence-corrected chi connectivity index (χ3v) is 9.47. The topological polar surface area (TPSA) is 6.48 Å². The van der Waals surface area contributed by atoms with Gasteiger partial charge in [0.1, 0.15) is 0 Å². The average Bonchev–Trinajstić information content (AvgIpc) is 3.12. The van der Waals surface area contributed by atoms with Crippen molar-refractivity contribution in [2.75, 3.05) is 9.80 Å². The lowest BCUT2D eigenvalue weighted by Gasteiger charge is -2.26. The maximum atomic E-state index is 4.44. The van der Waals surface area contributed by atoms with Gasteiger partial charge in [0.25, 0.3) is 0 Å². The number of rotatable bonds is 15. The van der Waals surface area contributed by atoms with Crippen molar-refractivity contribution in [1.82, 2.24) is 0 Å². The van der Waals surface area contributed by atoms with Gasteiger partial charge >= 0.3 is 0 Å². The van der Waals surface area contributed by atoms with Crippen LogP contribution < -0.4 is 9.80 Å². The van der Waals surface area contributed by atoms with Crippen molar-refractivity contribution in [3.8, 4) is 11.1 Å². The van der Waals surface area contributed by atoms with E-state index in [0.717, 1.165) is 85.5 Å². The molecular formula is C44H44Br2N2. The molecule has 244 valence electrons. The molecule has 0 amide bonds.